The van der Waals surface area contributed by atoms with E-state index in [1.54, 1.807) is 24.6 Å². The van der Waals surface area contributed by atoms with Gasteiger partial charge in [0.05, 0.1) is 18.8 Å². The first-order chi connectivity index (χ1) is 12.2. The Morgan fingerprint density at radius 2 is 2.08 bits per heavy atom. The van der Waals surface area contributed by atoms with Gasteiger partial charge in [0.15, 0.2) is 5.96 Å². The molecular formula is C18H30IN5OS. The van der Waals surface area contributed by atoms with Gasteiger partial charge in [-0.2, -0.15) is 0 Å². The van der Waals surface area contributed by atoms with E-state index >= 15 is 0 Å². The molecule has 0 fully saturated rings. The first kappa shape index (κ1) is 22.9. The van der Waals surface area contributed by atoms with E-state index in [4.69, 9.17) is 4.42 Å². The van der Waals surface area contributed by atoms with E-state index < -0.39 is 0 Å². The summed E-state index contributed by atoms with van der Waals surface area (Å²) in [6.07, 6.45) is 4.71. The van der Waals surface area contributed by atoms with E-state index in [1.165, 1.54) is 4.88 Å². The number of halogens is 1. The number of likely N-dealkylation sites (N-methyl/N-ethyl adjacent to an activating group) is 1. The molecule has 0 aliphatic carbocycles. The van der Waals surface area contributed by atoms with Gasteiger partial charge >= 0.3 is 0 Å². The minimum Gasteiger partial charge on any atom is -0.468 e. The lowest BCUT2D eigenvalue weighted by atomic mass is 10.2. The molecule has 1 atom stereocenters. The molecule has 0 spiro atoms. The van der Waals surface area contributed by atoms with Crippen molar-refractivity contribution < 1.29 is 4.42 Å². The van der Waals surface area contributed by atoms with Crippen molar-refractivity contribution in [2.75, 3.05) is 26.7 Å². The van der Waals surface area contributed by atoms with Crippen LogP contribution < -0.4 is 10.6 Å². The number of guanidine groups is 1. The number of aliphatic imine (C=N–C) groups is 1. The van der Waals surface area contributed by atoms with Crippen LogP contribution in [0.1, 0.15) is 42.5 Å². The standard InChI is InChI=1S/C18H29N5OS.HI/c1-5-14-11-20-17(25-14)13-22-18(19-4)21-12-15(23(6-2)7-3)16-9-8-10-24-16;/h8-11,15H,5-7,12-13H2,1-4H3,(H2,19,21,22);1H. The van der Waals surface area contributed by atoms with Gasteiger partial charge in [0.2, 0.25) is 0 Å². The third kappa shape index (κ3) is 6.55. The summed E-state index contributed by atoms with van der Waals surface area (Å²) < 4.78 is 5.64. The molecule has 2 aromatic heterocycles. The third-order valence-corrected chi connectivity index (χ3v) is 5.31. The molecule has 26 heavy (non-hydrogen) atoms. The number of aromatic nitrogens is 1. The van der Waals surface area contributed by atoms with Gasteiger partial charge in [0.1, 0.15) is 10.8 Å². The second-order valence-corrected chi connectivity index (χ2v) is 6.83. The van der Waals surface area contributed by atoms with Gasteiger partial charge in [-0.05, 0) is 31.6 Å². The maximum atomic E-state index is 5.64. The lowest BCUT2D eigenvalue weighted by molar-refractivity contribution is 0.193. The minimum atomic E-state index is 0. The molecule has 6 nitrogen and oxygen atoms in total. The quantitative estimate of drug-likeness (QED) is 0.319. The number of thiazole rings is 1. The number of hydrogen-bond acceptors (Lipinski definition) is 5. The normalized spacial score (nSPS) is 12.7. The highest BCUT2D eigenvalue weighted by molar-refractivity contribution is 14.0. The zero-order valence-electron chi connectivity index (χ0n) is 16.0. The van der Waals surface area contributed by atoms with Crippen LogP contribution >= 0.6 is 35.3 Å². The summed E-state index contributed by atoms with van der Waals surface area (Å²) in [5.41, 5.74) is 0. The fraction of sp³-hybridized carbons (Fsp3) is 0.556. The fourth-order valence-electron chi connectivity index (χ4n) is 2.72. The summed E-state index contributed by atoms with van der Waals surface area (Å²) in [6.45, 7) is 9.82. The SMILES string of the molecule is CCc1cnc(CNC(=NC)NCC(c2ccco2)N(CC)CC)s1.I. The Hall–Kier alpha value is -1.13. The van der Waals surface area contributed by atoms with Crippen LogP contribution in [0.5, 0.6) is 0 Å². The highest BCUT2D eigenvalue weighted by Gasteiger charge is 2.20. The number of nitrogens with one attached hydrogen (secondary N) is 2. The lowest BCUT2D eigenvalue weighted by Gasteiger charge is -2.28. The van der Waals surface area contributed by atoms with Gasteiger partial charge < -0.3 is 15.1 Å². The molecule has 1 unspecified atom stereocenters. The highest BCUT2D eigenvalue weighted by Crippen LogP contribution is 2.20. The molecule has 0 saturated carbocycles. The summed E-state index contributed by atoms with van der Waals surface area (Å²) in [5, 5.41) is 7.82. The molecule has 2 heterocycles. The van der Waals surface area contributed by atoms with E-state index in [9.17, 15) is 0 Å². The number of aryl methyl sites for hydroxylation is 1. The van der Waals surface area contributed by atoms with Crippen LogP contribution in [0.4, 0.5) is 0 Å². The van der Waals surface area contributed by atoms with E-state index in [2.05, 4.69) is 46.3 Å². The van der Waals surface area contributed by atoms with Crippen LogP contribution in [0, 0.1) is 0 Å². The molecule has 0 aromatic carbocycles. The van der Waals surface area contributed by atoms with Gasteiger partial charge in [-0.25, -0.2) is 4.98 Å². The zero-order chi connectivity index (χ0) is 18.1. The molecule has 0 radical (unpaired) electrons. The van der Waals surface area contributed by atoms with E-state index in [0.717, 1.165) is 42.8 Å². The average Bonchev–Trinajstić information content (AvgIpc) is 3.32. The Balaban J connectivity index is 0.00000338. The number of hydrogen-bond donors (Lipinski definition) is 2. The molecule has 2 N–H and O–H groups in total. The molecule has 0 saturated heterocycles. The summed E-state index contributed by atoms with van der Waals surface area (Å²) in [4.78, 5) is 12.4. The Bertz CT molecular complexity index is 640. The maximum absolute atomic E-state index is 5.64. The molecular weight excluding hydrogens is 461 g/mol. The van der Waals surface area contributed by atoms with Crippen molar-refractivity contribution in [2.45, 2.75) is 39.8 Å². The van der Waals surface area contributed by atoms with Crippen molar-refractivity contribution in [1.29, 1.82) is 0 Å². The molecule has 0 bridgehead atoms. The topological polar surface area (TPSA) is 65.7 Å². The van der Waals surface area contributed by atoms with Gasteiger partial charge in [0, 0.05) is 24.7 Å². The molecule has 146 valence electrons. The Morgan fingerprint density at radius 3 is 2.62 bits per heavy atom. The van der Waals surface area contributed by atoms with Gasteiger partial charge in [0.25, 0.3) is 0 Å². The largest absolute Gasteiger partial charge is 0.468 e. The van der Waals surface area contributed by atoms with Crippen LogP contribution in [-0.2, 0) is 13.0 Å². The van der Waals surface area contributed by atoms with Gasteiger partial charge in [-0.3, -0.25) is 9.89 Å². The van der Waals surface area contributed by atoms with Crippen molar-refractivity contribution in [3.63, 3.8) is 0 Å². The van der Waals surface area contributed by atoms with Crippen LogP contribution in [-0.4, -0.2) is 42.5 Å². The van der Waals surface area contributed by atoms with E-state index in [0.29, 0.717) is 6.54 Å². The summed E-state index contributed by atoms with van der Waals surface area (Å²) in [5.74, 6) is 1.75. The monoisotopic (exact) mass is 491 g/mol. The predicted octanol–water partition coefficient (Wildman–Crippen LogP) is 3.66. The molecule has 8 heteroatoms. The van der Waals surface area contributed by atoms with Crippen LogP contribution in [0.2, 0.25) is 0 Å². The lowest BCUT2D eigenvalue weighted by Crippen LogP contribution is -2.42. The van der Waals surface area contributed by atoms with Gasteiger partial charge in [-0.1, -0.05) is 20.8 Å². The molecule has 0 amide bonds. The Morgan fingerprint density at radius 1 is 1.31 bits per heavy atom. The van der Waals surface area contributed by atoms with Crippen molar-refractivity contribution >= 4 is 41.3 Å². The third-order valence-electron chi connectivity index (χ3n) is 4.17. The number of nitrogens with zero attached hydrogens (tertiary/aromatic N) is 3. The second-order valence-electron chi connectivity index (χ2n) is 5.63. The molecule has 2 aromatic rings. The first-order valence-corrected chi connectivity index (χ1v) is 9.68. The Kier molecular flexibility index (Phi) is 10.8. The average molecular weight is 491 g/mol. The van der Waals surface area contributed by atoms with Crippen molar-refractivity contribution in [1.82, 2.24) is 20.5 Å². The summed E-state index contributed by atoms with van der Waals surface area (Å²) in [6, 6.07) is 4.14. The number of furan rings is 1. The second kappa shape index (κ2) is 12.3. The van der Waals surface area contributed by atoms with Crippen LogP contribution in [0.15, 0.2) is 34.0 Å². The fourth-order valence-corrected chi connectivity index (χ4v) is 3.52. The first-order valence-electron chi connectivity index (χ1n) is 8.87. The van der Waals surface area contributed by atoms with Crippen molar-refractivity contribution in [2.24, 2.45) is 4.99 Å². The van der Waals surface area contributed by atoms with E-state index in [-0.39, 0.29) is 30.0 Å². The molecule has 0 aliphatic heterocycles. The Labute approximate surface area is 177 Å². The maximum Gasteiger partial charge on any atom is 0.191 e. The molecule has 2 rings (SSSR count). The molecule has 0 aliphatic rings. The van der Waals surface area contributed by atoms with Crippen molar-refractivity contribution in [3.8, 4) is 0 Å². The van der Waals surface area contributed by atoms with Crippen LogP contribution in [0.3, 0.4) is 0 Å². The smallest absolute Gasteiger partial charge is 0.191 e. The van der Waals surface area contributed by atoms with Crippen LogP contribution in [0.25, 0.3) is 0 Å². The van der Waals surface area contributed by atoms with Crippen molar-refractivity contribution in [3.05, 3.63) is 40.2 Å². The zero-order valence-corrected chi connectivity index (χ0v) is 19.1. The summed E-state index contributed by atoms with van der Waals surface area (Å²) in [7, 11) is 1.79. The minimum absolute atomic E-state index is 0. The predicted molar refractivity (Wildman–Crippen MR) is 119 cm³/mol. The number of rotatable bonds is 9. The van der Waals surface area contributed by atoms with E-state index in [1.807, 2.05) is 18.3 Å². The highest BCUT2D eigenvalue weighted by atomic mass is 127. The van der Waals surface area contributed by atoms with Gasteiger partial charge in [-0.15, -0.1) is 35.3 Å². The summed E-state index contributed by atoms with van der Waals surface area (Å²) >= 11 is 1.74.